The van der Waals surface area contributed by atoms with Gasteiger partial charge in [-0.15, -0.1) is 0 Å². The lowest BCUT2D eigenvalue weighted by molar-refractivity contribution is 0.631. The van der Waals surface area contributed by atoms with E-state index in [0.29, 0.717) is 0 Å². The third-order valence-electron chi connectivity index (χ3n) is 15.4. The van der Waals surface area contributed by atoms with E-state index in [2.05, 4.69) is 284 Å². The van der Waals surface area contributed by atoms with Gasteiger partial charge in [0.25, 0.3) is 0 Å². The molecule has 0 saturated carbocycles. The molecule has 0 spiro atoms. The molecule has 0 saturated heterocycles. The SMILES string of the molecule is c1ccc(-c2cc3cc(N(c4cccc(-c5ccc6c(c5)C(c5ccccc5)(c5ccccc5)c5ccccc5-6)c4)c4ccc5c(c4)C(c4ccccc4)(c4ccccc4)c4ccccc4-5)ccc3o2)cc1. The number of fused-ring (bicyclic) bond motifs is 7. The second-order valence-corrected chi connectivity index (χ2v) is 19.1. The van der Waals surface area contributed by atoms with Gasteiger partial charge in [-0.3, -0.25) is 0 Å². The van der Waals surface area contributed by atoms with Crippen LogP contribution in [0.15, 0.2) is 290 Å². The molecule has 338 valence electrons. The first kappa shape index (κ1) is 41.7. The Labute approximate surface area is 420 Å². The van der Waals surface area contributed by atoms with E-state index in [1.54, 1.807) is 0 Å². The molecule has 2 nitrogen and oxygen atoms in total. The Morgan fingerprint density at radius 1 is 0.264 bits per heavy atom. The molecule has 0 amide bonds. The minimum absolute atomic E-state index is 0.501. The van der Waals surface area contributed by atoms with E-state index in [1.165, 1.54) is 66.8 Å². The van der Waals surface area contributed by atoms with Gasteiger partial charge in [0.2, 0.25) is 0 Å². The van der Waals surface area contributed by atoms with Crippen molar-refractivity contribution in [2.45, 2.75) is 10.8 Å². The molecule has 0 atom stereocenters. The second kappa shape index (κ2) is 16.7. The van der Waals surface area contributed by atoms with E-state index < -0.39 is 10.8 Å². The highest BCUT2D eigenvalue weighted by atomic mass is 16.3. The Kier molecular flexibility index (Phi) is 9.69. The molecule has 72 heavy (non-hydrogen) atoms. The van der Waals surface area contributed by atoms with Gasteiger partial charge in [-0.25, -0.2) is 0 Å². The molecule has 11 aromatic carbocycles. The lowest BCUT2D eigenvalue weighted by Crippen LogP contribution is -2.28. The van der Waals surface area contributed by atoms with E-state index in [0.717, 1.165) is 50.5 Å². The molecule has 14 rings (SSSR count). The second-order valence-electron chi connectivity index (χ2n) is 19.1. The highest BCUT2D eigenvalue weighted by Gasteiger charge is 2.47. The van der Waals surface area contributed by atoms with Gasteiger partial charge in [-0.1, -0.05) is 231 Å². The maximum atomic E-state index is 6.52. The fraction of sp³-hybridized carbons (Fsp3) is 0.0286. The molecule has 0 bridgehead atoms. The first-order chi connectivity index (χ1) is 35.7. The van der Waals surface area contributed by atoms with E-state index in [-0.39, 0.29) is 0 Å². The molecule has 2 aliphatic carbocycles. The van der Waals surface area contributed by atoms with Crippen LogP contribution in [0.5, 0.6) is 0 Å². The van der Waals surface area contributed by atoms with Crippen LogP contribution in [-0.4, -0.2) is 0 Å². The standard InChI is InChI=1S/C70H47NO/c1-6-21-48(22-7-1)68-46-51-44-57(39-42-67(51)72-68)71(58-38-41-62-60-34-17-19-36-64(60)70(66(62)47-58,54-28-12-4-13-29-54)55-30-14-5-15-31-55)56-32-20-23-49(43-56)50-37-40-61-59-33-16-18-35-63(59)69(65(61)45-50,52-24-8-2-9-25-52)53-26-10-3-11-27-53/h1-47H. The lowest BCUT2D eigenvalue weighted by Gasteiger charge is -2.35. The number of hydrogen-bond acceptors (Lipinski definition) is 2. The molecular weight excluding hydrogens is 871 g/mol. The predicted molar refractivity (Wildman–Crippen MR) is 296 cm³/mol. The Balaban J connectivity index is 0.980. The van der Waals surface area contributed by atoms with Crippen molar-refractivity contribution >= 4 is 28.0 Å². The number of benzene rings is 11. The minimum atomic E-state index is -0.553. The van der Waals surface area contributed by atoms with Crippen molar-refractivity contribution in [3.63, 3.8) is 0 Å². The fourth-order valence-electron chi connectivity index (χ4n) is 12.4. The van der Waals surface area contributed by atoms with Crippen molar-refractivity contribution in [3.8, 4) is 44.7 Å². The molecule has 0 radical (unpaired) electrons. The zero-order valence-corrected chi connectivity index (χ0v) is 39.5. The number of hydrogen-bond donors (Lipinski definition) is 0. The maximum Gasteiger partial charge on any atom is 0.135 e. The van der Waals surface area contributed by atoms with Gasteiger partial charge in [0, 0.05) is 28.0 Å². The highest BCUT2D eigenvalue weighted by molar-refractivity contribution is 5.94. The first-order valence-electron chi connectivity index (χ1n) is 24.9. The molecule has 0 unspecified atom stereocenters. The summed E-state index contributed by atoms with van der Waals surface area (Å²) >= 11 is 0. The van der Waals surface area contributed by atoms with Crippen molar-refractivity contribution in [1.29, 1.82) is 0 Å². The van der Waals surface area contributed by atoms with Crippen LogP contribution in [0.1, 0.15) is 44.5 Å². The third-order valence-corrected chi connectivity index (χ3v) is 15.4. The van der Waals surface area contributed by atoms with Gasteiger partial charge in [0.1, 0.15) is 11.3 Å². The average molecular weight is 918 g/mol. The zero-order valence-electron chi connectivity index (χ0n) is 39.5. The highest BCUT2D eigenvalue weighted by Crippen LogP contribution is 2.59. The molecule has 2 aliphatic rings. The number of furan rings is 1. The van der Waals surface area contributed by atoms with E-state index in [1.807, 2.05) is 6.07 Å². The van der Waals surface area contributed by atoms with Crippen LogP contribution in [0.3, 0.4) is 0 Å². The van der Waals surface area contributed by atoms with E-state index in [9.17, 15) is 0 Å². The summed E-state index contributed by atoms with van der Waals surface area (Å²) in [5.74, 6) is 0.850. The summed E-state index contributed by atoms with van der Waals surface area (Å²) in [6.45, 7) is 0. The van der Waals surface area contributed by atoms with E-state index >= 15 is 0 Å². The third kappa shape index (κ3) is 6.29. The van der Waals surface area contributed by atoms with Gasteiger partial charge >= 0.3 is 0 Å². The Hall–Kier alpha value is -9.24. The Bertz CT molecular complexity index is 3890. The van der Waals surface area contributed by atoms with Crippen molar-refractivity contribution in [1.82, 2.24) is 0 Å². The molecule has 0 fully saturated rings. The summed E-state index contributed by atoms with van der Waals surface area (Å²) in [6.07, 6.45) is 0. The van der Waals surface area contributed by atoms with Crippen LogP contribution in [-0.2, 0) is 10.8 Å². The van der Waals surface area contributed by atoms with Gasteiger partial charge < -0.3 is 9.32 Å². The van der Waals surface area contributed by atoms with Crippen LogP contribution in [0.2, 0.25) is 0 Å². The lowest BCUT2D eigenvalue weighted by atomic mass is 9.67. The quantitative estimate of drug-likeness (QED) is 0.143. The summed E-state index contributed by atoms with van der Waals surface area (Å²) in [7, 11) is 0. The number of rotatable bonds is 9. The fourth-order valence-corrected chi connectivity index (χ4v) is 12.4. The van der Waals surface area contributed by atoms with Crippen LogP contribution in [0.25, 0.3) is 55.7 Å². The summed E-state index contributed by atoms with van der Waals surface area (Å²) < 4.78 is 6.52. The minimum Gasteiger partial charge on any atom is -0.456 e. The maximum absolute atomic E-state index is 6.52. The van der Waals surface area contributed by atoms with Gasteiger partial charge in [-0.2, -0.15) is 0 Å². The average Bonchev–Trinajstić information content (AvgIpc) is 4.12. The molecule has 12 aromatic rings. The van der Waals surface area contributed by atoms with Crippen LogP contribution in [0.4, 0.5) is 17.1 Å². The first-order valence-corrected chi connectivity index (χ1v) is 24.9. The van der Waals surface area contributed by atoms with Crippen molar-refractivity contribution in [2.24, 2.45) is 0 Å². The summed E-state index contributed by atoms with van der Waals surface area (Å²) in [4.78, 5) is 2.43. The predicted octanol–water partition coefficient (Wildman–Crippen LogP) is 18.0. The van der Waals surface area contributed by atoms with Gasteiger partial charge in [-0.05, 0) is 132 Å². The molecule has 1 aromatic heterocycles. The van der Waals surface area contributed by atoms with Crippen LogP contribution < -0.4 is 4.90 Å². The van der Waals surface area contributed by atoms with E-state index in [4.69, 9.17) is 4.42 Å². The summed E-state index contributed by atoms with van der Waals surface area (Å²) in [5, 5.41) is 1.04. The molecular formula is C70H47NO. The zero-order chi connectivity index (χ0) is 47.6. The monoisotopic (exact) mass is 917 g/mol. The van der Waals surface area contributed by atoms with Gasteiger partial charge in [0.05, 0.1) is 10.8 Å². The number of nitrogens with zero attached hydrogens (tertiary/aromatic N) is 1. The Morgan fingerprint density at radius 2 is 0.681 bits per heavy atom. The van der Waals surface area contributed by atoms with Gasteiger partial charge in [0.15, 0.2) is 0 Å². The number of anilines is 3. The van der Waals surface area contributed by atoms with Crippen molar-refractivity contribution in [3.05, 3.63) is 330 Å². The van der Waals surface area contributed by atoms with Crippen LogP contribution >= 0.6 is 0 Å². The topological polar surface area (TPSA) is 16.4 Å². The summed E-state index contributed by atoms with van der Waals surface area (Å²) in [5.41, 5.74) is 21.5. The van der Waals surface area contributed by atoms with Crippen LogP contribution in [0, 0.1) is 0 Å². The smallest absolute Gasteiger partial charge is 0.135 e. The normalized spacial score (nSPS) is 13.5. The summed E-state index contributed by atoms with van der Waals surface area (Å²) in [6, 6.07) is 105. The van der Waals surface area contributed by atoms with Crippen molar-refractivity contribution in [2.75, 3.05) is 4.90 Å². The molecule has 1 heterocycles. The molecule has 2 heteroatoms. The largest absolute Gasteiger partial charge is 0.456 e. The van der Waals surface area contributed by atoms with Crippen molar-refractivity contribution < 1.29 is 4.42 Å². The molecule has 0 aliphatic heterocycles. The molecule has 0 N–H and O–H groups in total. The Morgan fingerprint density at radius 3 is 1.25 bits per heavy atom.